The molecular weight excluding hydrogens is 208 g/mol. The predicted molar refractivity (Wildman–Crippen MR) is 61.6 cm³/mol. The molecule has 0 radical (unpaired) electrons. The van der Waals surface area contributed by atoms with Crippen LogP contribution in [0.15, 0.2) is 0 Å². The van der Waals surface area contributed by atoms with Gasteiger partial charge >= 0.3 is 0 Å². The Kier molecular flexibility index (Phi) is 2.74. The minimum absolute atomic E-state index is 0.186. The summed E-state index contributed by atoms with van der Waals surface area (Å²) in [5.41, 5.74) is 0. The zero-order valence-electron chi connectivity index (χ0n) is 10.4. The summed E-state index contributed by atoms with van der Waals surface area (Å²) in [4.78, 5) is 0. The van der Waals surface area contributed by atoms with Crippen LogP contribution < -0.4 is 0 Å². The van der Waals surface area contributed by atoms with Gasteiger partial charge < -0.3 is 13.9 Å². The van der Waals surface area contributed by atoms with E-state index in [1.165, 1.54) is 0 Å². The van der Waals surface area contributed by atoms with Gasteiger partial charge in [-0.2, -0.15) is 0 Å². The minimum Gasteiger partial charge on any atom is -0.408 e. The van der Waals surface area contributed by atoms with Gasteiger partial charge in [0.25, 0.3) is 0 Å². The third-order valence-corrected chi connectivity index (χ3v) is 8.16. The zero-order valence-corrected chi connectivity index (χ0v) is 11.4. The van der Waals surface area contributed by atoms with E-state index < -0.39 is 8.32 Å². The molecule has 0 aliphatic carbocycles. The molecule has 0 aromatic carbocycles. The average Bonchev–Trinajstić information content (AvgIpc) is 2.93. The highest BCUT2D eigenvalue weighted by Gasteiger charge is 2.50. The first-order valence-corrected chi connectivity index (χ1v) is 8.63. The maximum absolute atomic E-state index is 6.34. The summed E-state index contributed by atoms with van der Waals surface area (Å²) >= 11 is 0. The van der Waals surface area contributed by atoms with Crippen LogP contribution in [-0.2, 0) is 13.9 Å². The number of epoxide rings is 2. The molecule has 88 valence electrons. The summed E-state index contributed by atoms with van der Waals surface area (Å²) in [6, 6.07) is 0. The molecule has 2 aliphatic heterocycles. The second-order valence-electron chi connectivity index (χ2n) is 6.09. The van der Waals surface area contributed by atoms with Crippen molar-refractivity contribution in [2.24, 2.45) is 0 Å². The van der Waals surface area contributed by atoms with Crippen molar-refractivity contribution in [2.75, 3.05) is 13.2 Å². The second kappa shape index (κ2) is 3.55. The van der Waals surface area contributed by atoms with Gasteiger partial charge in [-0.3, -0.25) is 0 Å². The van der Waals surface area contributed by atoms with E-state index in [9.17, 15) is 0 Å². The monoisotopic (exact) mass is 230 g/mol. The van der Waals surface area contributed by atoms with Gasteiger partial charge in [0, 0.05) is 0 Å². The fraction of sp³-hybridized carbons (Fsp3) is 1.00. The fourth-order valence-corrected chi connectivity index (χ4v) is 2.74. The van der Waals surface area contributed by atoms with E-state index in [4.69, 9.17) is 13.9 Å². The van der Waals surface area contributed by atoms with Crippen LogP contribution in [0.5, 0.6) is 0 Å². The molecule has 2 aliphatic rings. The molecule has 15 heavy (non-hydrogen) atoms. The molecular formula is C11H22O3Si. The fourth-order valence-electron chi connectivity index (χ4n) is 1.40. The molecule has 2 heterocycles. The van der Waals surface area contributed by atoms with Gasteiger partial charge in [0.05, 0.1) is 13.2 Å². The van der Waals surface area contributed by atoms with E-state index >= 15 is 0 Å². The number of ether oxygens (including phenoxy) is 2. The normalized spacial score (nSPS) is 30.8. The molecule has 2 fully saturated rings. The summed E-state index contributed by atoms with van der Waals surface area (Å²) in [5, 5.41) is 0.259. The topological polar surface area (TPSA) is 34.3 Å². The Labute approximate surface area is 93.2 Å². The zero-order chi connectivity index (χ0) is 11.3. The van der Waals surface area contributed by atoms with Crippen molar-refractivity contribution < 1.29 is 13.9 Å². The summed E-state index contributed by atoms with van der Waals surface area (Å²) in [6.45, 7) is 13.0. The van der Waals surface area contributed by atoms with Crippen LogP contribution in [0.2, 0.25) is 18.1 Å². The predicted octanol–water partition coefficient (Wildman–Crippen LogP) is 2.17. The molecule has 2 atom stereocenters. The number of hydrogen-bond donors (Lipinski definition) is 0. The maximum atomic E-state index is 6.34. The van der Waals surface area contributed by atoms with Crippen molar-refractivity contribution >= 4 is 8.32 Å². The molecule has 0 aromatic heterocycles. The minimum atomic E-state index is -1.67. The summed E-state index contributed by atoms with van der Waals surface area (Å²) in [5.74, 6) is 0. The van der Waals surface area contributed by atoms with Crippen LogP contribution in [-0.4, -0.2) is 39.8 Å². The molecule has 0 unspecified atom stereocenters. The van der Waals surface area contributed by atoms with Crippen LogP contribution in [0.25, 0.3) is 0 Å². The Balaban J connectivity index is 1.98. The van der Waals surface area contributed by atoms with Gasteiger partial charge in [0.2, 0.25) is 0 Å². The molecule has 0 aromatic rings. The SMILES string of the molecule is CC(C)(C)[Si](C)(C)OC([C@@H]1CO1)[C@@H]1CO1. The van der Waals surface area contributed by atoms with Gasteiger partial charge in [-0.15, -0.1) is 0 Å². The standard InChI is InChI=1S/C11H22O3Si/c1-11(2,3)15(4,5)14-10(8-6-12-8)9-7-13-9/h8-10H,6-7H2,1-5H3/t8-,9-/m0/s1. The first kappa shape index (κ1) is 11.6. The van der Waals surface area contributed by atoms with Crippen molar-refractivity contribution in [1.82, 2.24) is 0 Å². The maximum Gasteiger partial charge on any atom is 0.192 e. The molecule has 0 bridgehead atoms. The quantitative estimate of drug-likeness (QED) is 0.548. The van der Waals surface area contributed by atoms with E-state index in [1.807, 2.05) is 0 Å². The molecule has 0 amide bonds. The Morgan fingerprint density at radius 1 is 1.13 bits per heavy atom. The van der Waals surface area contributed by atoms with Crippen LogP contribution in [0, 0.1) is 0 Å². The Hall–Kier alpha value is 0.0969. The number of rotatable bonds is 4. The molecule has 0 spiro atoms. The van der Waals surface area contributed by atoms with E-state index in [0.717, 1.165) is 13.2 Å². The van der Waals surface area contributed by atoms with E-state index in [1.54, 1.807) is 0 Å². The van der Waals surface area contributed by atoms with Crippen LogP contribution in [0.4, 0.5) is 0 Å². The van der Waals surface area contributed by atoms with Gasteiger partial charge in [0.1, 0.15) is 18.3 Å². The smallest absolute Gasteiger partial charge is 0.192 e. The molecule has 0 saturated carbocycles. The first-order chi connectivity index (χ1) is 6.81. The Bertz CT molecular complexity index is 227. The van der Waals surface area contributed by atoms with Crippen molar-refractivity contribution in [3.05, 3.63) is 0 Å². The van der Waals surface area contributed by atoms with Crippen LogP contribution in [0.3, 0.4) is 0 Å². The van der Waals surface area contributed by atoms with Gasteiger partial charge in [0.15, 0.2) is 8.32 Å². The lowest BCUT2D eigenvalue weighted by atomic mass is 10.2. The Morgan fingerprint density at radius 3 is 1.80 bits per heavy atom. The van der Waals surface area contributed by atoms with Gasteiger partial charge in [-0.25, -0.2) is 0 Å². The largest absolute Gasteiger partial charge is 0.408 e. The summed E-state index contributed by atoms with van der Waals surface area (Å²) < 4.78 is 17.0. The third kappa shape index (κ3) is 2.61. The second-order valence-corrected chi connectivity index (χ2v) is 10.8. The lowest BCUT2D eigenvalue weighted by molar-refractivity contribution is 0.111. The molecule has 4 heteroatoms. The van der Waals surface area contributed by atoms with E-state index in [2.05, 4.69) is 33.9 Å². The van der Waals surface area contributed by atoms with Crippen molar-refractivity contribution in [1.29, 1.82) is 0 Å². The molecule has 2 saturated heterocycles. The Morgan fingerprint density at radius 2 is 1.53 bits per heavy atom. The van der Waals surface area contributed by atoms with Crippen molar-refractivity contribution in [2.45, 2.75) is 57.2 Å². The molecule has 3 nitrogen and oxygen atoms in total. The van der Waals surface area contributed by atoms with Crippen LogP contribution in [0.1, 0.15) is 20.8 Å². The lowest BCUT2D eigenvalue weighted by Crippen LogP contribution is -2.47. The van der Waals surface area contributed by atoms with Gasteiger partial charge in [-0.1, -0.05) is 20.8 Å². The molecule has 0 N–H and O–H groups in total. The first-order valence-electron chi connectivity index (χ1n) is 5.72. The third-order valence-electron chi connectivity index (χ3n) is 3.69. The highest BCUT2D eigenvalue weighted by Crippen LogP contribution is 2.40. The number of hydrogen-bond acceptors (Lipinski definition) is 3. The van der Waals surface area contributed by atoms with E-state index in [0.29, 0.717) is 12.2 Å². The highest BCUT2D eigenvalue weighted by atomic mass is 28.4. The van der Waals surface area contributed by atoms with E-state index in [-0.39, 0.29) is 11.1 Å². The lowest BCUT2D eigenvalue weighted by Gasteiger charge is -2.38. The van der Waals surface area contributed by atoms with Crippen LogP contribution >= 0.6 is 0 Å². The molecule has 2 rings (SSSR count). The summed E-state index contributed by atoms with van der Waals surface area (Å²) in [6.07, 6.45) is 0.782. The average molecular weight is 230 g/mol. The van der Waals surface area contributed by atoms with Crippen molar-refractivity contribution in [3.63, 3.8) is 0 Å². The summed E-state index contributed by atoms with van der Waals surface area (Å²) in [7, 11) is -1.67. The highest BCUT2D eigenvalue weighted by molar-refractivity contribution is 6.74. The van der Waals surface area contributed by atoms with Gasteiger partial charge in [-0.05, 0) is 18.1 Å². The van der Waals surface area contributed by atoms with Crippen molar-refractivity contribution in [3.8, 4) is 0 Å².